The van der Waals surface area contributed by atoms with Crippen molar-refractivity contribution >= 4 is 5.97 Å². The Labute approximate surface area is 95.8 Å². The normalized spacial score (nSPS) is 37.2. The zero-order chi connectivity index (χ0) is 11.1. The molecule has 2 fully saturated rings. The van der Waals surface area contributed by atoms with Crippen molar-refractivity contribution in [2.75, 3.05) is 13.7 Å². The molecule has 0 spiro atoms. The topological polar surface area (TPSA) is 35.5 Å². The van der Waals surface area contributed by atoms with Gasteiger partial charge in [0, 0.05) is 17.4 Å². The van der Waals surface area contributed by atoms with E-state index >= 15 is 0 Å². The molecular weight excluding hydrogens is 204 g/mol. The van der Waals surface area contributed by atoms with Gasteiger partial charge in [0.25, 0.3) is 0 Å². The fourth-order valence-electron chi connectivity index (χ4n) is 3.64. The van der Waals surface area contributed by atoms with Crippen LogP contribution in [0.2, 0.25) is 0 Å². The van der Waals surface area contributed by atoms with Crippen molar-refractivity contribution in [2.24, 2.45) is 11.8 Å². The Morgan fingerprint density at radius 1 is 1.38 bits per heavy atom. The zero-order valence-corrected chi connectivity index (χ0v) is 9.70. The lowest BCUT2D eigenvalue weighted by molar-refractivity contribution is -0.139. The first-order valence-electron chi connectivity index (χ1n) is 6.25. The van der Waals surface area contributed by atoms with E-state index in [1.165, 1.54) is 31.9 Å². The summed E-state index contributed by atoms with van der Waals surface area (Å²) in [5.41, 5.74) is 2.33. The molecule has 1 heterocycles. The molecule has 0 aromatic rings. The number of ether oxygens (including phenoxy) is 2. The largest absolute Gasteiger partial charge is 0.466 e. The van der Waals surface area contributed by atoms with Crippen LogP contribution in [0.3, 0.4) is 0 Å². The molecule has 0 radical (unpaired) electrons. The molecule has 3 atom stereocenters. The van der Waals surface area contributed by atoms with Crippen molar-refractivity contribution in [3.63, 3.8) is 0 Å². The molecular formula is C13H18O3. The van der Waals surface area contributed by atoms with Gasteiger partial charge in [-0.2, -0.15) is 0 Å². The molecule has 3 heteroatoms. The number of esters is 1. The van der Waals surface area contributed by atoms with Crippen LogP contribution in [0.15, 0.2) is 11.1 Å². The van der Waals surface area contributed by atoms with Crippen molar-refractivity contribution in [1.82, 2.24) is 0 Å². The predicted octanol–water partition coefficient (Wildman–Crippen LogP) is 2.06. The molecule has 3 unspecified atom stereocenters. The van der Waals surface area contributed by atoms with Crippen LogP contribution in [0.25, 0.3) is 0 Å². The molecule has 2 aliphatic carbocycles. The van der Waals surface area contributed by atoms with E-state index < -0.39 is 0 Å². The number of hydrogen-bond donors (Lipinski definition) is 0. The van der Waals surface area contributed by atoms with E-state index in [-0.39, 0.29) is 5.97 Å². The van der Waals surface area contributed by atoms with Gasteiger partial charge in [0.05, 0.1) is 19.8 Å². The minimum Gasteiger partial charge on any atom is -0.466 e. The van der Waals surface area contributed by atoms with Crippen LogP contribution >= 0.6 is 0 Å². The Kier molecular flexibility index (Phi) is 2.51. The first kappa shape index (κ1) is 10.3. The Morgan fingerprint density at radius 2 is 2.19 bits per heavy atom. The average Bonchev–Trinajstić information content (AvgIpc) is 2.49. The molecule has 3 rings (SSSR count). The lowest BCUT2D eigenvalue weighted by Crippen LogP contribution is -2.45. The van der Waals surface area contributed by atoms with Gasteiger partial charge in [-0.25, -0.2) is 4.79 Å². The van der Waals surface area contributed by atoms with Gasteiger partial charge in [0.2, 0.25) is 0 Å². The molecule has 3 aliphatic rings. The average molecular weight is 222 g/mol. The Morgan fingerprint density at radius 3 is 3.00 bits per heavy atom. The van der Waals surface area contributed by atoms with Crippen LogP contribution in [-0.2, 0) is 14.3 Å². The monoisotopic (exact) mass is 222 g/mol. The molecule has 88 valence electrons. The second-order valence-electron chi connectivity index (χ2n) is 5.01. The second kappa shape index (κ2) is 3.88. The fourth-order valence-corrected chi connectivity index (χ4v) is 3.64. The summed E-state index contributed by atoms with van der Waals surface area (Å²) >= 11 is 0. The molecule has 0 N–H and O–H groups in total. The highest BCUT2D eigenvalue weighted by Gasteiger charge is 2.50. The smallest absolute Gasteiger partial charge is 0.333 e. The minimum absolute atomic E-state index is 0.0983. The SMILES string of the molecule is COC(=O)C1=C2CCOC3CCCCC1C23. The summed E-state index contributed by atoms with van der Waals surface area (Å²) in [4.78, 5) is 11.7. The molecule has 0 bridgehead atoms. The van der Waals surface area contributed by atoms with Crippen LogP contribution in [0, 0.1) is 11.8 Å². The van der Waals surface area contributed by atoms with Gasteiger partial charge in [0.15, 0.2) is 0 Å². The van der Waals surface area contributed by atoms with Crippen molar-refractivity contribution < 1.29 is 14.3 Å². The van der Waals surface area contributed by atoms with E-state index in [1.54, 1.807) is 0 Å². The van der Waals surface area contributed by atoms with E-state index in [4.69, 9.17) is 9.47 Å². The lowest BCUT2D eigenvalue weighted by atomic mass is 9.62. The van der Waals surface area contributed by atoms with Crippen LogP contribution in [-0.4, -0.2) is 25.8 Å². The molecule has 16 heavy (non-hydrogen) atoms. The molecule has 0 aromatic heterocycles. The van der Waals surface area contributed by atoms with Crippen molar-refractivity contribution in [1.29, 1.82) is 0 Å². The number of carbonyl (C=O) groups excluding carboxylic acids is 1. The van der Waals surface area contributed by atoms with E-state index in [0.29, 0.717) is 17.9 Å². The van der Waals surface area contributed by atoms with Gasteiger partial charge >= 0.3 is 5.97 Å². The molecule has 1 saturated carbocycles. The maximum atomic E-state index is 11.7. The molecule has 3 nitrogen and oxygen atoms in total. The first-order valence-corrected chi connectivity index (χ1v) is 6.25. The summed E-state index contributed by atoms with van der Waals surface area (Å²) < 4.78 is 10.7. The van der Waals surface area contributed by atoms with Gasteiger partial charge < -0.3 is 9.47 Å². The maximum absolute atomic E-state index is 11.7. The van der Waals surface area contributed by atoms with Gasteiger partial charge in [0.1, 0.15) is 0 Å². The van der Waals surface area contributed by atoms with Gasteiger partial charge in [-0.1, -0.05) is 18.4 Å². The lowest BCUT2D eigenvalue weighted by Gasteiger charge is -2.46. The summed E-state index contributed by atoms with van der Waals surface area (Å²) in [6, 6.07) is 0. The summed E-state index contributed by atoms with van der Waals surface area (Å²) in [5, 5.41) is 0. The quantitative estimate of drug-likeness (QED) is 0.637. The third-order valence-corrected chi connectivity index (χ3v) is 4.32. The van der Waals surface area contributed by atoms with Gasteiger partial charge in [-0.05, 0) is 19.3 Å². The standard InChI is InChI=1S/C13H18O3/c1-15-13(14)12-8-4-2-3-5-10-11(8)9(12)6-7-16-10/h8,10-11H,2-7H2,1H3. The fraction of sp³-hybridized carbons (Fsp3) is 0.769. The van der Waals surface area contributed by atoms with E-state index in [2.05, 4.69) is 0 Å². The zero-order valence-electron chi connectivity index (χ0n) is 9.70. The van der Waals surface area contributed by atoms with Gasteiger partial charge in [-0.3, -0.25) is 0 Å². The molecule has 0 aromatic carbocycles. The van der Waals surface area contributed by atoms with Crippen LogP contribution in [0.1, 0.15) is 32.1 Å². The van der Waals surface area contributed by atoms with E-state index in [0.717, 1.165) is 25.0 Å². The number of hydrogen-bond acceptors (Lipinski definition) is 3. The Bertz CT molecular complexity index is 345. The third-order valence-electron chi connectivity index (χ3n) is 4.32. The predicted molar refractivity (Wildman–Crippen MR) is 58.8 cm³/mol. The highest BCUT2D eigenvalue weighted by molar-refractivity contribution is 5.92. The van der Waals surface area contributed by atoms with Crippen molar-refractivity contribution in [3.8, 4) is 0 Å². The maximum Gasteiger partial charge on any atom is 0.333 e. The van der Waals surface area contributed by atoms with Crippen LogP contribution in [0.4, 0.5) is 0 Å². The molecule has 1 aliphatic heterocycles. The second-order valence-corrected chi connectivity index (χ2v) is 5.01. The highest BCUT2D eigenvalue weighted by Crippen LogP contribution is 2.52. The number of methoxy groups -OCH3 is 1. The van der Waals surface area contributed by atoms with Crippen LogP contribution in [0.5, 0.6) is 0 Å². The number of carbonyl (C=O) groups is 1. The Hall–Kier alpha value is -0.830. The van der Waals surface area contributed by atoms with E-state index in [1.807, 2.05) is 0 Å². The summed E-state index contributed by atoms with van der Waals surface area (Å²) in [5.74, 6) is 0.861. The summed E-state index contributed by atoms with van der Waals surface area (Å²) in [6.07, 6.45) is 6.07. The highest BCUT2D eigenvalue weighted by atomic mass is 16.5. The van der Waals surface area contributed by atoms with Crippen molar-refractivity contribution in [2.45, 2.75) is 38.2 Å². The number of rotatable bonds is 1. The molecule has 0 amide bonds. The van der Waals surface area contributed by atoms with Crippen molar-refractivity contribution in [3.05, 3.63) is 11.1 Å². The third kappa shape index (κ3) is 1.34. The minimum atomic E-state index is -0.0983. The summed E-state index contributed by atoms with van der Waals surface area (Å²) in [6.45, 7) is 0.781. The first-order chi connectivity index (χ1) is 7.83. The van der Waals surface area contributed by atoms with Crippen LogP contribution < -0.4 is 0 Å². The summed E-state index contributed by atoms with van der Waals surface area (Å²) in [7, 11) is 1.48. The van der Waals surface area contributed by atoms with E-state index in [9.17, 15) is 4.79 Å². The molecule has 1 saturated heterocycles. The Balaban J connectivity index is 1.93. The van der Waals surface area contributed by atoms with Gasteiger partial charge in [-0.15, -0.1) is 0 Å².